The molecule has 0 unspecified atom stereocenters. The standard InChI is InChI=1S/C14H18N2O3/c1-14(2)10(11(14)13(18)19)12(17)16(3)8-9-5-4-6-15-7-9/h4-7,10-11H,8H2,1-3H3,(H,18,19)/t10-,11+/m1/s1. The summed E-state index contributed by atoms with van der Waals surface area (Å²) < 4.78 is 0. The van der Waals surface area contributed by atoms with E-state index in [1.165, 1.54) is 0 Å². The fourth-order valence-electron chi connectivity index (χ4n) is 2.64. The highest BCUT2D eigenvalue weighted by Gasteiger charge is 2.66. The first kappa shape index (κ1) is 13.5. The molecule has 102 valence electrons. The summed E-state index contributed by atoms with van der Waals surface area (Å²) in [4.78, 5) is 28.9. The number of carbonyl (C=O) groups excluding carboxylic acids is 1. The maximum atomic E-state index is 12.3. The SMILES string of the molecule is CN(Cc1cccnc1)C(=O)[C@H]1[C@@H](C(=O)O)C1(C)C. The molecule has 2 atom stereocenters. The van der Waals surface area contributed by atoms with E-state index in [0.717, 1.165) is 5.56 Å². The normalized spacial score (nSPS) is 23.7. The molecule has 1 aliphatic carbocycles. The zero-order chi connectivity index (χ0) is 14.2. The average molecular weight is 262 g/mol. The van der Waals surface area contributed by atoms with Gasteiger partial charge in [0.25, 0.3) is 0 Å². The van der Waals surface area contributed by atoms with E-state index in [1.807, 2.05) is 26.0 Å². The maximum absolute atomic E-state index is 12.3. The van der Waals surface area contributed by atoms with E-state index in [4.69, 9.17) is 5.11 Å². The van der Waals surface area contributed by atoms with Crippen molar-refractivity contribution in [1.82, 2.24) is 9.88 Å². The van der Waals surface area contributed by atoms with Crippen molar-refractivity contribution in [2.75, 3.05) is 7.05 Å². The molecule has 0 aliphatic heterocycles. The van der Waals surface area contributed by atoms with Crippen molar-refractivity contribution in [2.45, 2.75) is 20.4 Å². The summed E-state index contributed by atoms with van der Waals surface area (Å²) in [6, 6.07) is 3.71. The van der Waals surface area contributed by atoms with Gasteiger partial charge >= 0.3 is 5.97 Å². The number of carboxylic acids is 1. The first-order chi connectivity index (χ1) is 8.85. The van der Waals surface area contributed by atoms with Gasteiger partial charge in [-0.1, -0.05) is 19.9 Å². The Balaban J connectivity index is 2.03. The van der Waals surface area contributed by atoms with Crippen molar-refractivity contribution in [2.24, 2.45) is 17.3 Å². The van der Waals surface area contributed by atoms with E-state index >= 15 is 0 Å². The van der Waals surface area contributed by atoms with Gasteiger partial charge in [-0.3, -0.25) is 14.6 Å². The van der Waals surface area contributed by atoms with Crippen LogP contribution in [0.2, 0.25) is 0 Å². The molecular formula is C14H18N2O3. The first-order valence-corrected chi connectivity index (χ1v) is 6.22. The van der Waals surface area contributed by atoms with Crippen molar-refractivity contribution < 1.29 is 14.7 Å². The molecule has 0 aromatic carbocycles. The summed E-state index contributed by atoms with van der Waals surface area (Å²) in [5.41, 5.74) is 0.482. The van der Waals surface area contributed by atoms with Gasteiger partial charge in [0.1, 0.15) is 0 Å². The molecule has 1 fully saturated rings. The predicted octanol–water partition coefficient (Wildman–Crippen LogP) is 1.40. The van der Waals surface area contributed by atoms with Crippen LogP contribution in [0.15, 0.2) is 24.5 Å². The zero-order valence-corrected chi connectivity index (χ0v) is 11.3. The Morgan fingerprint density at radius 1 is 1.42 bits per heavy atom. The molecule has 0 saturated heterocycles. The predicted molar refractivity (Wildman–Crippen MR) is 69.1 cm³/mol. The molecule has 2 rings (SSSR count). The monoisotopic (exact) mass is 262 g/mol. The van der Waals surface area contributed by atoms with E-state index in [-0.39, 0.29) is 5.91 Å². The first-order valence-electron chi connectivity index (χ1n) is 6.22. The van der Waals surface area contributed by atoms with E-state index in [0.29, 0.717) is 6.54 Å². The molecule has 1 heterocycles. The van der Waals surface area contributed by atoms with Crippen LogP contribution in [0, 0.1) is 17.3 Å². The second-order valence-electron chi connectivity index (χ2n) is 5.67. The number of aromatic nitrogens is 1. The molecule has 1 saturated carbocycles. The Kier molecular flexibility index (Phi) is 3.30. The zero-order valence-electron chi connectivity index (χ0n) is 11.3. The summed E-state index contributed by atoms with van der Waals surface area (Å²) in [5.74, 6) is -2.00. The van der Waals surface area contributed by atoms with Crippen LogP contribution in [0.25, 0.3) is 0 Å². The lowest BCUT2D eigenvalue weighted by Gasteiger charge is -2.17. The van der Waals surface area contributed by atoms with E-state index < -0.39 is 23.2 Å². The Morgan fingerprint density at radius 3 is 2.58 bits per heavy atom. The van der Waals surface area contributed by atoms with Gasteiger partial charge in [0.2, 0.25) is 5.91 Å². The maximum Gasteiger partial charge on any atom is 0.307 e. The van der Waals surface area contributed by atoms with Crippen LogP contribution in [0.3, 0.4) is 0 Å². The van der Waals surface area contributed by atoms with Crippen molar-refractivity contribution in [3.63, 3.8) is 0 Å². The molecule has 5 heteroatoms. The van der Waals surface area contributed by atoms with Crippen LogP contribution in [-0.2, 0) is 16.1 Å². The molecule has 19 heavy (non-hydrogen) atoms. The third-order valence-electron chi connectivity index (χ3n) is 3.88. The number of aliphatic carboxylic acids is 1. The highest BCUT2D eigenvalue weighted by atomic mass is 16.4. The average Bonchev–Trinajstić information content (AvgIpc) is 2.92. The fraction of sp³-hybridized carbons (Fsp3) is 0.500. The van der Waals surface area contributed by atoms with Crippen molar-refractivity contribution in [1.29, 1.82) is 0 Å². The van der Waals surface area contributed by atoms with Crippen molar-refractivity contribution >= 4 is 11.9 Å². The highest BCUT2D eigenvalue weighted by molar-refractivity contribution is 5.91. The lowest BCUT2D eigenvalue weighted by atomic mass is 10.1. The van der Waals surface area contributed by atoms with Gasteiger partial charge in [0.05, 0.1) is 11.8 Å². The molecule has 1 aromatic rings. The minimum Gasteiger partial charge on any atom is -0.481 e. The second-order valence-corrected chi connectivity index (χ2v) is 5.67. The molecule has 1 aromatic heterocycles. The van der Waals surface area contributed by atoms with Crippen molar-refractivity contribution in [3.05, 3.63) is 30.1 Å². The second kappa shape index (κ2) is 4.64. The molecule has 0 spiro atoms. The van der Waals surface area contributed by atoms with Gasteiger partial charge in [-0.2, -0.15) is 0 Å². The van der Waals surface area contributed by atoms with Gasteiger partial charge in [-0.05, 0) is 17.0 Å². The Morgan fingerprint density at radius 2 is 2.11 bits per heavy atom. The molecule has 0 bridgehead atoms. The van der Waals surface area contributed by atoms with Crippen LogP contribution < -0.4 is 0 Å². The number of pyridine rings is 1. The summed E-state index contributed by atoms with van der Waals surface area (Å²) in [6.07, 6.45) is 3.38. The lowest BCUT2D eigenvalue weighted by molar-refractivity contribution is -0.141. The molecule has 1 N–H and O–H groups in total. The van der Waals surface area contributed by atoms with Crippen LogP contribution in [0.4, 0.5) is 0 Å². The third-order valence-corrected chi connectivity index (χ3v) is 3.88. The largest absolute Gasteiger partial charge is 0.481 e. The summed E-state index contributed by atoms with van der Waals surface area (Å²) in [7, 11) is 1.70. The summed E-state index contributed by atoms with van der Waals surface area (Å²) in [6.45, 7) is 4.10. The number of hydrogen-bond donors (Lipinski definition) is 1. The number of amides is 1. The Bertz CT molecular complexity index is 499. The Labute approximate surface area is 112 Å². The molecular weight excluding hydrogens is 244 g/mol. The van der Waals surface area contributed by atoms with E-state index in [2.05, 4.69) is 4.98 Å². The van der Waals surface area contributed by atoms with Gasteiger partial charge < -0.3 is 10.0 Å². The Hall–Kier alpha value is -1.91. The quantitative estimate of drug-likeness (QED) is 0.890. The van der Waals surface area contributed by atoms with Crippen LogP contribution in [0.5, 0.6) is 0 Å². The topological polar surface area (TPSA) is 70.5 Å². The summed E-state index contributed by atoms with van der Waals surface area (Å²) in [5, 5.41) is 9.10. The molecule has 0 radical (unpaired) electrons. The summed E-state index contributed by atoms with van der Waals surface area (Å²) >= 11 is 0. The number of nitrogens with zero attached hydrogens (tertiary/aromatic N) is 2. The smallest absolute Gasteiger partial charge is 0.307 e. The van der Waals surface area contributed by atoms with E-state index in [1.54, 1.807) is 24.3 Å². The number of carbonyl (C=O) groups is 2. The molecule has 1 amide bonds. The van der Waals surface area contributed by atoms with Crippen LogP contribution in [-0.4, -0.2) is 33.9 Å². The third kappa shape index (κ3) is 2.45. The minimum atomic E-state index is -0.891. The van der Waals surface area contributed by atoms with Gasteiger partial charge in [0.15, 0.2) is 0 Å². The lowest BCUT2D eigenvalue weighted by Crippen LogP contribution is -2.29. The number of rotatable bonds is 4. The minimum absolute atomic E-state index is 0.110. The van der Waals surface area contributed by atoms with Gasteiger partial charge in [0, 0.05) is 26.0 Å². The molecule has 1 aliphatic rings. The van der Waals surface area contributed by atoms with Gasteiger partial charge in [-0.15, -0.1) is 0 Å². The van der Waals surface area contributed by atoms with E-state index in [9.17, 15) is 9.59 Å². The fourth-order valence-corrected chi connectivity index (χ4v) is 2.64. The molecule has 5 nitrogen and oxygen atoms in total. The highest BCUT2D eigenvalue weighted by Crippen LogP contribution is 2.58. The number of carboxylic acid groups (broad SMARTS) is 1. The van der Waals surface area contributed by atoms with Crippen LogP contribution in [0.1, 0.15) is 19.4 Å². The van der Waals surface area contributed by atoms with Gasteiger partial charge in [-0.25, -0.2) is 0 Å². The number of hydrogen-bond acceptors (Lipinski definition) is 3. The van der Waals surface area contributed by atoms with Crippen molar-refractivity contribution in [3.8, 4) is 0 Å². The van der Waals surface area contributed by atoms with Crippen LogP contribution >= 0.6 is 0 Å².